The number of halogens is 2. The van der Waals surface area contributed by atoms with Gasteiger partial charge in [-0.1, -0.05) is 36.2 Å². The number of rotatable bonds is 4. The van der Waals surface area contributed by atoms with E-state index in [-0.39, 0.29) is 11.8 Å². The molecule has 0 saturated carbocycles. The van der Waals surface area contributed by atoms with Gasteiger partial charge in [0.15, 0.2) is 6.10 Å². The summed E-state index contributed by atoms with van der Waals surface area (Å²) in [6.45, 7) is 3.69. The minimum Gasteiger partial charge on any atom is -0.376 e. The lowest BCUT2D eigenvalue weighted by Crippen LogP contribution is -2.43. The summed E-state index contributed by atoms with van der Waals surface area (Å²) in [7, 11) is 0. The maximum Gasteiger partial charge on any atom is 0.251 e. The predicted octanol–water partition coefficient (Wildman–Crippen LogP) is 2.63. The first kappa shape index (κ1) is 15.6. The maximum absolute atomic E-state index is 11.9. The topological polar surface area (TPSA) is 47.6 Å². The van der Waals surface area contributed by atoms with Gasteiger partial charge in [0.25, 0.3) is 5.91 Å². The molecule has 1 heterocycles. The number of ether oxygens (including phenoxy) is 2. The molecule has 1 N–H and O–H groups in total. The molecule has 0 radical (unpaired) electrons. The zero-order valence-corrected chi connectivity index (χ0v) is 12.7. The van der Waals surface area contributed by atoms with Crippen LogP contribution in [-0.4, -0.2) is 38.4 Å². The van der Waals surface area contributed by atoms with Crippen molar-refractivity contribution in [2.24, 2.45) is 0 Å². The van der Waals surface area contributed by atoms with Crippen molar-refractivity contribution in [2.45, 2.75) is 18.9 Å². The van der Waals surface area contributed by atoms with Crippen LogP contribution in [-0.2, 0) is 14.3 Å². The van der Waals surface area contributed by atoms with E-state index in [0.717, 1.165) is 5.56 Å². The fourth-order valence-electron chi connectivity index (χ4n) is 2.09. The standard InChI is InChI=1S/C14H17Cl2NO3/c1-9(13-10(15)3-2-4-11(13)16)7-17-14(18)12-8-19-5-6-20-12/h2-4,9,12H,5-8H2,1H3,(H,17,18). The quantitative estimate of drug-likeness (QED) is 0.928. The van der Waals surface area contributed by atoms with Gasteiger partial charge < -0.3 is 14.8 Å². The lowest BCUT2D eigenvalue weighted by atomic mass is 10.0. The Labute approximate surface area is 128 Å². The largest absolute Gasteiger partial charge is 0.376 e. The van der Waals surface area contributed by atoms with Gasteiger partial charge in [-0.05, 0) is 17.7 Å². The maximum atomic E-state index is 11.9. The highest BCUT2D eigenvalue weighted by molar-refractivity contribution is 6.36. The Hall–Kier alpha value is -0.810. The minimum absolute atomic E-state index is 0.0182. The molecule has 1 aliphatic rings. The van der Waals surface area contributed by atoms with Crippen molar-refractivity contribution in [2.75, 3.05) is 26.4 Å². The first-order valence-electron chi connectivity index (χ1n) is 6.50. The highest BCUT2D eigenvalue weighted by Crippen LogP contribution is 2.30. The van der Waals surface area contributed by atoms with Crippen LogP contribution in [0.1, 0.15) is 18.4 Å². The van der Waals surface area contributed by atoms with Gasteiger partial charge in [-0.15, -0.1) is 0 Å². The highest BCUT2D eigenvalue weighted by Gasteiger charge is 2.23. The summed E-state index contributed by atoms with van der Waals surface area (Å²) in [6, 6.07) is 5.38. The van der Waals surface area contributed by atoms with Gasteiger partial charge in [0.2, 0.25) is 0 Å². The van der Waals surface area contributed by atoms with E-state index in [1.165, 1.54) is 0 Å². The van der Waals surface area contributed by atoms with Crippen LogP contribution in [0.2, 0.25) is 10.0 Å². The minimum atomic E-state index is -0.530. The molecule has 1 aromatic rings. The Morgan fingerprint density at radius 1 is 1.40 bits per heavy atom. The van der Waals surface area contributed by atoms with Crippen molar-refractivity contribution in [1.29, 1.82) is 0 Å². The third kappa shape index (κ3) is 3.85. The lowest BCUT2D eigenvalue weighted by Gasteiger charge is -2.23. The van der Waals surface area contributed by atoms with Crippen LogP contribution >= 0.6 is 23.2 Å². The molecule has 0 aliphatic carbocycles. The van der Waals surface area contributed by atoms with E-state index in [1.807, 2.05) is 6.92 Å². The van der Waals surface area contributed by atoms with Crippen LogP contribution in [0.15, 0.2) is 18.2 Å². The van der Waals surface area contributed by atoms with Crippen molar-refractivity contribution in [1.82, 2.24) is 5.32 Å². The van der Waals surface area contributed by atoms with Crippen molar-refractivity contribution >= 4 is 29.1 Å². The molecule has 2 unspecified atom stereocenters. The van der Waals surface area contributed by atoms with Crippen LogP contribution in [0.4, 0.5) is 0 Å². The summed E-state index contributed by atoms with van der Waals surface area (Å²) < 4.78 is 10.5. The number of carbonyl (C=O) groups excluding carboxylic acids is 1. The van der Waals surface area contributed by atoms with Crippen molar-refractivity contribution in [3.05, 3.63) is 33.8 Å². The van der Waals surface area contributed by atoms with Gasteiger partial charge in [0.05, 0.1) is 19.8 Å². The molecule has 2 rings (SSSR count). The van der Waals surface area contributed by atoms with Crippen LogP contribution < -0.4 is 5.32 Å². The van der Waals surface area contributed by atoms with Crippen LogP contribution in [0, 0.1) is 0 Å². The van der Waals surface area contributed by atoms with E-state index in [9.17, 15) is 4.79 Å². The number of nitrogens with one attached hydrogen (secondary N) is 1. The monoisotopic (exact) mass is 317 g/mol. The third-order valence-electron chi connectivity index (χ3n) is 3.18. The molecule has 110 valence electrons. The molecule has 1 fully saturated rings. The van der Waals surface area contributed by atoms with E-state index in [1.54, 1.807) is 18.2 Å². The average molecular weight is 318 g/mol. The number of benzene rings is 1. The summed E-state index contributed by atoms with van der Waals surface area (Å²) in [4.78, 5) is 11.9. The van der Waals surface area contributed by atoms with E-state index in [2.05, 4.69) is 5.32 Å². The molecule has 4 nitrogen and oxygen atoms in total. The van der Waals surface area contributed by atoms with Gasteiger partial charge in [-0.2, -0.15) is 0 Å². The molecular formula is C14H17Cl2NO3. The fraction of sp³-hybridized carbons (Fsp3) is 0.500. The van der Waals surface area contributed by atoms with Crippen molar-refractivity contribution < 1.29 is 14.3 Å². The molecule has 1 aromatic carbocycles. The van der Waals surface area contributed by atoms with Crippen molar-refractivity contribution in [3.63, 3.8) is 0 Å². The van der Waals surface area contributed by atoms with Crippen LogP contribution in [0.3, 0.4) is 0 Å². The lowest BCUT2D eigenvalue weighted by molar-refractivity contribution is -0.147. The van der Waals surface area contributed by atoms with Crippen LogP contribution in [0.5, 0.6) is 0 Å². The summed E-state index contributed by atoms with van der Waals surface area (Å²) in [5.74, 6) is -0.149. The fourth-order valence-corrected chi connectivity index (χ4v) is 2.86. The molecule has 6 heteroatoms. The van der Waals surface area contributed by atoms with Gasteiger partial charge in [-0.3, -0.25) is 4.79 Å². The molecule has 1 amide bonds. The zero-order chi connectivity index (χ0) is 14.5. The average Bonchev–Trinajstić information content (AvgIpc) is 2.45. The Kier molecular flexibility index (Phi) is 5.66. The van der Waals surface area contributed by atoms with Gasteiger partial charge in [0, 0.05) is 22.5 Å². The van der Waals surface area contributed by atoms with Gasteiger partial charge in [-0.25, -0.2) is 0 Å². The van der Waals surface area contributed by atoms with E-state index >= 15 is 0 Å². The smallest absolute Gasteiger partial charge is 0.251 e. The SMILES string of the molecule is CC(CNC(=O)C1COCCO1)c1c(Cl)cccc1Cl. The Bertz CT molecular complexity index is 455. The van der Waals surface area contributed by atoms with Crippen LogP contribution in [0.25, 0.3) is 0 Å². The van der Waals surface area contributed by atoms with Gasteiger partial charge in [0.1, 0.15) is 0 Å². The molecule has 0 bridgehead atoms. The second-order valence-electron chi connectivity index (χ2n) is 4.72. The molecular weight excluding hydrogens is 301 g/mol. The second kappa shape index (κ2) is 7.27. The van der Waals surface area contributed by atoms with E-state index in [4.69, 9.17) is 32.7 Å². The normalized spacial score (nSPS) is 20.4. The Morgan fingerprint density at radius 2 is 2.10 bits per heavy atom. The predicted molar refractivity (Wildman–Crippen MR) is 78.4 cm³/mol. The molecule has 0 aromatic heterocycles. The third-order valence-corrected chi connectivity index (χ3v) is 3.84. The van der Waals surface area contributed by atoms with Gasteiger partial charge >= 0.3 is 0 Å². The molecule has 1 saturated heterocycles. The van der Waals surface area contributed by atoms with E-state index < -0.39 is 6.10 Å². The van der Waals surface area contributed by atoms with E-state index in [0.29, 0.717) is 36.4 Å². The number of hydrogen-bond donors (Lipinski definition) is 1. The molecule has 20 heavy (non-hydrogen) atoms. The zero-order valence-electron chi connectivity index (χ0n) is 11.2. The summed E-state index contributed by atoms with van der Waals surface area (Å²) in [5.41, 5.74) is 0.844. The molecule has 1 aliphatic heterocycles. The summed E-state index contributed by atoms with van der Waals surface area (Å²) in [6.07, 6.45) is -0.530. The second-order valence-corrected chi connectivity index (χ2v) is 5.53. The van der Waals surface area contributed by atoms with Crippen molar-refractivity contribution in [3.8, 4) is 0 Å². The summed E-state index contributed by atoms with van der Waals surface area (Å²) >= 11 is 12.3. The molecule has 2 atom stereocenters. The first-order valence-corrected chi connectivity index (χ1v) is 7.26. The number of hydrogen-bond acceptors (Lipinski definition) is 3. The number of carbonyl (C=O) groups is 1. The first-order chi connectivity index (χ1) is 9.59. The molecule has 0 spiro atoms. The Balaban J connectivity index is 1.91. The number of amides is 1. The Morgan fingerprint density at radius 3 is 2.70 bits per heavy atom. The highest BCUT2D eigenvalue weighted by atomic mass is 35.5. The summed E-state index contributed by atoms with van der Waals surface area (Å²) in [5, 5.41) is 4.06.